The third-order valence-electron chi connectivity index (χ3n) is 4.36. The number of hydrogen-bond acceptors (Lipinski definition) is 2. The monoisotopic (exact) mass is 269 g/mol. The van der Waals surface area contributed by atoms with Crippen molar-refractivity contribution in [1.82, 2.24) is 9.78 Å². The standard InChI is InChI=1S/C17H23N3/c1-4-15-17(11-20(3)19-15)18-16-10-9-12(2)13-7-5-6-8-14(13)16/h5-8,11-12,16,18H,4,9-10H2,1-3H3. The molecule has 1 aliphatic carbocycles. The molecule has 1 N–H and O–H groups in total. The summed E-state index contributed by atoms with van der Waals surface area (Å²) in [5.41, 5.74) is 5.29. The highest BCUT2D eigenvalue weighted by atomic mass is 15.3. The Balaban J connectivity index is 1.90. The maximum atomic E-state index is 4.52. The van der Waals surface area contributed by atoms with E-state index >= 15 is 0 Å². The van der Waals surface area contributed by atoms with Gasteiger partial charge in [0.1, 0.15) is 0 Å². The molecule has 0 bridgehead atoms. The molecule has 2 atom stereocenters. The highest BCUT2D eigenvalue weighted by Gasteiger charge is 2.25. The van der Waals surface area contributed by atoms with Crippen LogP contribution in [0.2, 0.25) is 0 Å². The molecule has 0 radical (unpaired) electrons. The average Bonchev–Trinajstić information content (AvgIpc) is 2.82. The van der Waals surface area contributed by atoms with E-state index in [-0.39, 0.29) is 0 Å². The summed E-state index contributed by atoms with van der Waals surface area (Å²) in [5, 5.41) is 8.23. The lowest BCUT2D eigenvalue weighted by molar-refractivity contribution is 0.534. The van der Waals surface area contributed by atoms with Gasteiger partial charge in [-0.05, 0) is 36.3 Å². The summed E-state index contributed by atoms with van der Waals surface area (Å²) in [6, 6.07) is 9.26. The fraction of sp³-hybridized carbons (Fsp3) is 0.471. The third kappa shape index (κ3) is 2.33. The Hall–Kier alpha value is -1.77. The summed E-state index contributed by atoms with van der Waals surface area (Å²) in [4.78, 5) is 0. The first kappa shape index (κ1) is 13.2. The van der Waals surface area contributed by atoms with Gasteiger partial charge >= 0.3 is 0 Å². The molecule has 0 amide bonds. The maximum Gasteiger partial charge on any atom is 0.0853 e. The van der Waals surface area contributed by atoms with Crippen molar-refractivity contribution >= 4 is 5.69 Å². The number of hydrogen-bond donors (Lipinski definition) is 1. The molecule has 0 saturated heterocycles. The maximum absolute atomic E-state index is 4.52. The topological polar surface area (TPSA) is 29.9 Å². The van der Waals surface area contributed by atoms with Crippen LogP contribution in [0.5, 0.6) is 0 Å². The molecule has 106 valence electrons. The van der Waals surface area contributed by atoms with E-state index in [9.17, 15) is 0 Å². The lowest BCUT2D eigenvalue weighted by Crippen LogP contribution is -2.19. The van der Waals surface area contributed by atoms with E-state index in [1.54, 1.807) is 0 Å². The molecule has 0 fully saturated rings. The fourth-order valence-corrected chi connectivity index (χ4v) is 3.26. The zero-order chi connectivity index (χ0) is 14.1. The molecule has 20 heavy (non-hydrogen) atoms. The van der Waals surface area contributed by atoms with Gasteiger partial charge in [-0.2, -0.15) is 5.10 Å². The summed E-state index contributed by atoms with van der Waals surface area (Å²) in [7, 11) is 1.99. The molecule has 3 nitrogen and oxygen atoms in total. The van der Waals surface area contributed by atoms with Gasteiger partial charge in [-0.25, -0.2) is 0 Å². The van der Waals surface area contributed by atoms with Crippen molar-refractivity contribution in [2.24, 2.45) is 7.05 Å². The van der Waals surface area contributed by atoms with Gasteiger partial charge in [0.25, 0.3) is 0 Å². The van der Waals surface area contributed by atoms with Crippen LogP contribution in [0.15, 0.2) is 30.5 Å². The molecule has 0 spiro atoms. The molecule has 2 unspecified atom stereocenters. The molecule has 0 saturated carbocycles. The molecule has 0 aliphatic heterocycles. The molecular weight excluding hydrogens is 246 g/mol. The van der Waals surface area contributed by atoms with E-state index in [0.717, 1.165) is 12.1 Å². The van der Waals surface area contributed by atoms with Crippen molar-refractivity contribution in [3.05, 3.63) is 47.3 Å². The SMILES string of the molecule is CCc1nn(C)cc1NC1CCC(C)c2ccccc21. The van der Waals surface area contributed by atoms with Crippen LogP contribution in [0.1, 0.15) is 55.5 Å². The van der Waals surface area contributed by atoms with Gasteiger partial charge in [-0.15, -0.1) is 0 Å². The minimum atomic E-state index is 0.414. The normalized spacial score (nSPS) is 21.6. The van der Waals surface area contributed by atoms with Crippen molar-refractivity contribution in [3.63, 3.8) is 0 Å². The Labute approximate surface area is 121 Å². The predicted molar refractivity (Wildman–Crippen MR) is 83.0 cm³/mol. The van der Waals surface area contributed by atoms with Gasteiger partial charge in [-0.1, -0.05) is 38.1 Å². The fourth-order valence-electron chi connectivity index (χ4n) is 3.26. The Kier molecular flexibility index (Phi) is 3.51. The van der Waals surface area contributed by atoms with Crippen LogP contribution < -0.4 is 5.32 Å². The van der Waals surface area contributed by atoms with Gasteiger partial charge in [0.05, 0.1) is 17.4 Å². The van der Waals surface area contributed by atoms with Gasteiger partial charge in [0.15, 0.2) is 0 Å². The number of rotatable bonds is 3. The van der Waals surface area contributed by atoms with Gasteiger partial charge < -0.3 is 5.32 Å². The molecule has 2 aromatic rings. The number of aromatic nitrogens is 2. The number of fused-ring (bicyclic) bond motifs is 1. The molecular formula is C17H23N3. The first-order valence-electron chi connectivity index (χ1n) is 7.57. The van der Waals surface area contributed by atoms with E-state index < -0.39 is 0 Å². The van der Waals surface area contributed by atoms with Crippen molar-refractivity contribution in [1.29, 1.82) is 0 Å². The molecule has 1 aromatic carbocycles. The van der Waals surface area contributed by atoms with E-state index in [2.05, 4.69) is 54.7 Å². The summed E-state index contributed by atoms with van der Waals surface area (Å²) < 4.78 is 1.90. The molecule has 1 aromatic heterocycles. The molecule has 3 rings (SSSR count). The summed E-state index contributed by atoms with van der Waals surface area (Å²) in [6.07, 6.45) is 5.50. The van der Waals surface area contributed by atoms with Crippen LogP contribution in [-0.2, 0) is 13.5 Å². The van der Waals surface area contributed by atoms with Crippen molar-refractivity contribution in [2.75, 3.05) is 5.32 Å². The number of anilines is 1. The number of aryl methyl sites for hydroxylation is 2. The van der Waals surface area contributed by atoms with Gasteiger partial charge in [0, 0.05) is 13.2 Å². The van der Waals surface area contributed by atoms with Crippen LogP contribution >= 0.6 is 0 Å². The van der Waals surface area contributed by atoms with Crippen LogP contribution in [0, 0.1) is 0 Å². The number of benzene rings is 1. The first-order valence-corrected chi connectivity index (χ1v) is 7.57. The lowest BCUT2D eigenvalue weighted by atomic mass is 9.81. The Morgan fingerprint density at radius 2 is 2.00 bits per heavy atom. The zero-order valence-corrected chi connectivity index (χ0v) is 12.6. The smallest absolute Gasteiger partial charge is 0.0853 e. The largest absolute Gasteiger partial charge is 0.375 e. The first-order chi connectivity index (χ1) is 9.69. The van der Waals surface area contributed by atoms with Crippen molar-refractivity contribution in [3.8, 4) is 0 Å². The Morgan fingerprint density at radius 3 is 2.75 bits per heavy atom. The lowest BCUT2D eigenvalue weighted by Gasteiger charge is -2.30. The van der Waals surface area contributed by atoms with E-state index in [0.29, 0.717) is 12.0 Å². The summed E-state index contributed by atoms with van der Waals surface area (Å²) in [6.45, 7) is 4.49. The van der Waals surface area contributed by atoms with Crippen molar-refractivity contribution in [2.45, 2.75) is 45.1 Å². The zero-order valence-electron chi connectivity index (χ0n) is 12.6. The van der Waals surface area contributed by atoms with E-state index in [1.165, 1.54) is 29.7 Å². The quantitative estimate of drug-likeness (QED) is 0.911. The van der Waals surface area contributed by atoms with E-state index in [4.69, 9.17) is 0 Å². The van der Waals surface area contributed by atoms with Crippen LogP contribution in [0.25, 0.3) is 0 Å². The Bertz CT molecular complexity index is 600. The Morgan fingerprint density at radius 1 is 1.25 bits per heavy atom. The number of nitrogens with one attached hydrogen (secondary N) is 1. The summed E-state index contributed by atoms with van der Waals surface area (Å²) >= 11 is 0. The molecule has 3 heteroatoms. The minimum Gasteiger partial charge on any atom is -0.375 e. The minimum absolute atomic E-state index is 0.414. The van der Waals surface area contributed by atoms with Gasteiger partial charge in [0.2, 0.25) is 0 Å². The van der Waals surface area contributed by atoms with Crippen molar-refractivity contribution < 1.29 is 0 Å². The van der Waals surface area contributed by atoms with E-state index in [1.807, 2.05) is 11.7 Å². The van der Waals surface area contributed by atoms with Crippen LogP contribution in [-0.4, -0.2) is 9.78 Å². The second kappa shape index (κ2) is 5.31. The second-order valence-corrected chi connectivity index (χ2v) is 5.82. The highest BCUT2D eigenvalue weighted by molar-refractivity contribution is 5.50. The average molecular weight is 269 g/mol. The second-order valence-electron chi connectivity index (χ2n) is 5.82. The van der Waals surface area contributed by atoms with Crippen LogP contribution in [0.4, 0.5) is 5.69 Å². The summed E-state index contributed by atoms with van der Waals surface area (Å²) in [5.74, 6) is 0.670. The van der Waals surface area contributed by atoms with Crippen LogP contribution in [0.3, 0.4) is 0 Å². The van der Waals surface area contributed by atoms with Gasteiger partial charge in [-0.3, -0.25) is 4.68 Å². The number of nitrogens with zero attached hydrogens (tertiary/aromatic N) is 2. The molecule has 1 heterocycles. The molecule has 1 aliphatic rings. The third-order valence-corrected chi connectivity index (χ3v) is 4.36. The predicted octanol–water partition coefficient (Wildman–Crippen LogP) is 4.03. The highest BCUT2D eigenvalue weighted by Crippen LogP contribution is 2.39.